The topological polar surface area (TPSA) is 15.7 Å². The minimum Gasteiger partial charge on any atom is -0.365 e. The monoisotopic (exact) mass is 498 g/mol. The van der Waals surface area contributed by atoms with Gasteiger partial charge in [0.1, 0.15) is 11.6 Å². The van der Waals surface area contributed by atoms with Crippen molar-refractivity contribution in [1.82, 2.24) is 9.80 Å². The summed E-state index contributed by atoms with van der Waals surface area (Å²) < 4.78 is 6.32. The quantitative estimate of drug-likeness (QED) is 0.223. The fourth-order valence-corrected chi connectivity index (χ4v) is 4.18. The van der Waals surface area contributed by atoms with E-state index in [0.29, 0.717) is 23.3 Å². The van der Waals surface area contributed by atoms with Gasteiger partial charge in [0, 0.05) is 29.0 Å². The van der Waals surface area contributed by atoms with E-state index in [0.717, 1.165) is 17.7 Å². The van der Waals surface area contributed by atoms with Gasteiger partial charge >= 0.3 is 0 Å². The molecule has 0 saturated carbocycles. The molecular formula is C27H25Cl3N2O. The van der Waals surface area contributed by atoms with E-state index >= 15 is 0 Å². The lowest BCUT2D eigenvalue weighted by Crippen LogP contribution is -2.35. The van der Waals surface area contributed by atoms with E-state index in [1.165, 1.54) is 5.56 Å². The van der Waals surface area contributed by atoms with E-state index in [1.54, 1.807) is 0 Å². The number of nitrogens with zero attached hydrogens (tertiary/aromatic N) is 2. The van der Waals surface area contributed by atoms with Crippen molar-refractivity contribution in [2.75, 3.05) is 13.2 Å². The maximum absolute atomic E-state index is 6.97. The van der Waals surface area contributed by atoms with Crippen molar-refractivity contribution in [1.29, 1.82) is 0 Å². The van der Waals surface area contributed by atoms with Gasteiger partial charge in [-0.05, 0) is 41.0 Å². The van der Waals surface area contributed by atoms with Gasteiger partial charge < -0.3 is 14.5 Å². The van der Waals surface area contributed by atoms with Crippen molar-refractivity contribution < 1.29 is 4.74 Å². The zero-order chi connectivity index (χ0) is 23.0. The predicted octanol–water partition coefficient (Wildman–Crippen LogP) is 7.58. The number of halogens is 3. The molecule has 0 amide bonds. The Balaban J connectivity index is 1.40. The molecule has 0 spiro atoms. The molecule has 0 N–H and O–H groups in total. The van der Waals surface area contributed by atoms with Gasteiger partial charge in [-0.3, -0.25) is 0 Å². The third kappa shape index (κ3) is 6.78. The lowest BCUT2D eigenvalue weighted by atomic mass is 10.1. The smallest absolute Gasteiger partial charge is 0.135 e. The first-order chi connectivity index (χ1) is 16.1. The highest BCUT2D eigenvalue weighted by Crippen LogP contribution is 2.31. The summed E-state index contributed by atoms with van der Waals surface area (Å²) in [6, 6.07) is 25.6. The SMILES string of the molecule is Clc1ccc(COC(c2ccc(Cl)cc2)C(Cl)N2C=CN(C/C=C/c3ccccc3)C2)cc1. The second-order valence-electron chi connectivity index (χ2n) is 7.82. The molecule has 0 aliphatic carbocycles. The number of rotatable bonds is 9. The Kier molecular flexibility index (Phi) is 8.35. The molecule has 3 nitrogen and oxygen atoms in total. The highest BCUT2D eigenvalue weighted by molar-refractivity contribution is 6.30. The maximum Gasteiger partial charge on any atom is 0.135 e. The van der Waals surface area contributed by atoms with Crippen LogP contribution in [0.1, 0.15) is 22.8 Å². The Morgan fingerprint density at radius 2 is 1.52 bits per heavy atom. The fraction of sp³-hybridized carbons (Fsp3) is 0.185. The van der Waals surface area contributed by atoms with Crippen LogP contribution >= 0.6 is 34.8 Å². The maximum atomic E-state index is 6.97. The van der Waals surface area contributed by atoms with Crippen LogP contribution in [0, 0.1) is 0 Å². The van der Waals surface area contributed by atoms with Gasteiger partial charge in [0.05, 0.1) is 13.3 Å². The summed E-state index contributed by atoms with van der Waals surface area (Å²) in [5, 5.41) is 1.38. The average molecular weight is 500 g/mol. The van der Waals surface area contributed by atoms with Gasteiger partial charge in [-0.25, -0.2) is 0 Å². The molecule has 4 rings (SSSR count). The minimum atomic E-state index is -0.391. The molecule has 1 heterocycles. The van der Waals surface area contributed by atoms with Crippen LogP contribution in [0.25, 0.3) is 6.08 Å². The molecule has 0 bridgehead atoms. The first-order valence-electron chi connectivity index (χ1n) is 10.7. The highest BCUT2D eigenvalue weighted by Gasteiger charge is 2.29. The zero-order valence-electron chi connectivity index (χ0n) is 18.0. The number of hydrogen-bond acceptors (Lipinski definition) is 3. The Morgan fingerprint density at radius 1 is 0.848 bits per heavy atom. The summed E-state index contributed by atoms with van der Waals surface area (Å²) in [5.41, 5.74) is 2.81. The molecule has 2 atom stereocenters. The molecule has 2 unspecified atom stereocenters. The molecular weight excluding hydrogens is 475 g/mol. The molecule has 1 aliphatic rings. The van der Waals surface area contributed by atoms with Crippen LogP contribution < -0.4 is 0 Å². The minimum absolute atomic E-state index is 0.343. The Labute approximate surface area is 210 Å². The Bertz CT molecular complexity index is 1070. The molecule has 0 aromatic heterocycles. The summed E-state index contributed by atoms with van der Waals surface area (Å²) in [5.74, 6) is 0. The first kappa shape index (κ1) is 23.7. The standard InChI is InChI=1S/C27H25Cl3N2O/c28-24-12-8-22(9-13-24)19-33-26(23-10-14-25(29)15-11-23)27(30)32-18-17-31(20-32)16-4-7-21-5-2-1-3-6-21/h1-15,17-18,26-27H,16,19-20H2/b7-4+. The van der Waals surface area contributed by atoms with Gasteiger partial charge in [-0.15, -0.1) is 0 Å². The van der Waals surface area contributed by atoms with Crippen LogP contribution in [0.5, 0.6) is 0 Å². The molecule has 3 aromatic carbocycles. The van der Waals surface area contributed by atoms with Gasteiger partial charge in [-0.2, -0.15) is 0 Å². The Morgan fingerprint density at radius 3 is 2.21 bits per heavy atom. The van der Waals surface area contributed by atoms with Gasteiger partial charge in [-0.1, -0.05) is 102 Å². The molecule has 3 aromatic rings. The van der Waals surface area contributed by atoms with E-state index < -0.39 is 5.50 Å². The van der Waals surface area contributed by atoms with Gasteiger partial charge in [0.2, 0.25) is 0 Å². The third-order valence-corrected chi connectivity index (χ3v) is 6.36. The van der Waals surface area contributed by atoms with E-state index in [1.807, 2.05) is 72.9 Å². The first-order valence-corrected chi connectivity index (χ1v) is 11.9. The summed E-state index contributed by atoms with van der Waals surface area (Å²) in [4.78, 5) is 4.28. The third-order valence-electron chi connectivity index (χ3n) is 5.37. The average Bonchev–Trinajstić information content (AvgIpc) is 3.31. The van der Waals surface area contributed by atoms with Crippen LogP contribution in [0.2, 0.25) is 10.0 Å². The molecule has 6 heteroatoms. The summed E-state index contributed by atoms with van der Waals surface area (Å²) in [6.07, 6.45) is 8.01. The van der Waals surface area contributed by atoms with E-state index in [4.69, 9.17) is 39.5 Å². The fourth-order valence-electron chi connectivity index (χ4n) is 3.58. The van der Waals surface area contributed by atoms with E-state index in [9.17, 15) is 0 Å². The van der Waals surface area contributed by atoms with Crippen molar-refractivity contribution in [2.45, 2.75) is 18.2 Å². The molecule has 0 radical (unpaired) electrons. The van der Waals surface area contributed by atoms with Crippen molar-refractivity contribution in [3.8, 4) is 0 Å². The number of ether oxygens (including phenoxy) is 1. The lowest BCUT2D eigenvalue weighted by molar-refractivity contribution is 0.00718. The second-order valence-corrected chi connectivity index (χ2v) is 9.14. The van der Waals surface area contributed by atoms with Crippen LogP contribution in [0.3, 0.4) is 0 Å². The van der Waals surface area contributed by atoms with Crippen molar-refractivity contribution in [2.24, 2.45) is 0 Å². The van der Waals surface area contributed by atoms with Crippen LogP contribution in [0.15, 0.2) is 97.3 Å². The summed E-state index contributed by atoms with van der Waals surface area (Å²) in [7, 11) is 0. The highest BCUT2D eigenvalue weighted by atomic mass is 35.5. The lowest BCUT2D eigenvalue weighted by Gasteiger charge is -2.31. The largest absolute Gasteiger partial charge is 0.365 e. The van der Waals surface area contributed by atoms with Crippen molar-refractivity contribution >= 4 is 40.9 Å². The predicted molar refractivity (Wildman–Crippen MR) is 138 cm³/mol. The van der Waals surface area contributed by atoms with E-state index in [-0.39, 0.29) is 6.10 Å². The number of benzene rings is 3. The summed E-state index contributed by atoms with van der Waals surface area (Å²) >= 11 is 19.1. The molecule has 170 valence electrons. The van der Waals surface area contributed by atoms with Crippen LogP contribution in [-0.4, -0.2) is 28.5 Å². The molecule has 0 fully saturated rings. The van der Waals surface area contributed by atoms with Crippen LogP contribution in [-0.2, 0) is 11.3 Å². The molecule has 1 aliphatic heterocycles. The van der Waals surface area contributed by atoms with Gasteiger partial charge in [0.25, 0.3) is 0 Å². The number of hydrogen-bond donors (Lipinski definition) is 0. The molecule has 0 saturated heterocycles. The van der Waals surface area contributed by atoms with Crippen molar-refractivity contribution in [3.63, 3.8) is 0 Å². The Hall–Kier alpha value is -2.43. The van der Waals surface area contributed by atoms with Gasteiger partial charge in [0.15, 0.2) is 0 Å². The zero-order valence-corrected chi connectivity index (χ0v) is 20.3. The van der Waals surface area contributed by atoms with Crippen LogP contribution in [0.4, 0.5) is 0 Å². The summed E-state index contributed by atoms with van der Waals surface area (Å²) in [6.45, 7) is 1.90. The van der Waals surface area contributed by atoms with Crippen molar-refractivity contribution in [3.05, 3.63) is 124 Å². The second kappa shape index (κ2) is 11.6. The number of alkyl halides is 1. The normalized spacial score (nSPS) is 15.4. The van der Waals surface area contributed by atoms with E-state index in [2.05, 4.69) is 40.3 Å². The molecule has 33 heavy (non-hydrogen) atoms.